The molecule has 0 saturated heterocycles. The number of nitrogens with one attached hydrogen (secondary N) is 2. The molecular formula is C19H18Cl2N4S. The normalized spacial score (nSPS) is 10.6. The zero-order valence-electron chi connectivity index (χ0n) is 14.2. The van der Waals surface area contributed by atoms with Crippen molar-refractivity contribution in [1.29, 1.82) is 0 Å². The van der Waals surface area contributed by atoms with Gasteiger partial charge in [-0.2, -0.15) is 5.10 Å². The summed E-state index contributed by atoms with van der Waals surface area (Å²) in [5.74, 6) is 0.702. The van der Waals surface area contributed by atoms with Crippen molar-refractivity contribution in [3.05, 3.63) is 81.5 Å². The second-order valence-electron chi connectivity index (χ2n) is 5.87. The van der Waals surface area contributed by atoms with Gasteiger partial charge in [0.15, 0.2) is 10.9 Å². The van der Waals surface area contributed by atoms with Gasteiger partial charge >= 0.3 is 0 Å². The van der Waals surface area contributed by atoms with Gasteiger partial charge in [0.1, 0.15) is 0 Å². The first-order chi connectivity index (χ1) is 12.5. The van der Waals surface area contributed by atoms with Gasteiger partial charge in [-0.1, -0.05) is 59.6 Å². The maximum atomic E-state index is 6.08. The fourth-order valence-corrected chi connectivity index (χ4v) is 2.98. The van der Waals surface area contributed by atoms with Crippen LogP contribution in [0.3, 0.4) is 0 Å². The summed E-state index contributed by atoms with van der Waals surface area (Å²) in [7, 11) is 0. The number of aromatic nitrogens is 2. The summed E-state index contributed by atoms with van der Waals surface area (Å²) >= 11 is 17.4. The van der Waals surface area contributed by atoms with Crippen molar-refractivity contribution in [2.45, 2.75) is 20.0 Å². The summed E-state index contributed by atoms with van der Waals surface area (Å²) in [6.45, 7) is 3.26. The number of benzene rings is 2. The van der Waals surface area contributed by atoms with Crippen molar-refractivity contribution >= 4 is 46.4 Å². The monoisotopic (exact) mass is 404 g/mol. The molecule has 0 fully saturated rings. The van der Waals surface area contributed by atoms with Crippen LogP contribution in [0.15, 0.2) is 54.6 Å². The van der Waals surface area contributed by atoms with Crippen molar-refractivity contribution in [3.63, 3.8) is 0 Å². The van der Waals surface area contributed by atoms with Crippen molar-refractivity contribution < 1.29 is 0 Å². The maximum Gasteiger partial charge on any atom is 0.172 e. The Morgan fingerprint density at radius 2 is 1.81 bits per heavy atom. The summed E-state index contributed by atoms with van der Waals surface area (Å²) in [6.07, 6.45) is 0. The van der Waals surface area contributed by atoms with Crippen LogP contribution in [-0.4, -0.2) is 14.9 Å². The van der Waals surface area contributed by atoms with E-state index in [9.17, 15) is 0 Å². The van der Waals surface area contributed by atoms with E-state index in [1.165, 1.54) is 0 Å². The number of halogens is 2. The molecule has 0 bridgehead atoms. The third kappa shape index (κ3) is 4.97. The van der Waals surface area contributed by atoms with Gasteiger partial charge in [-0.05, 0) is 42.4 Å². The summed E-state index contributed by atoms with van der Waals surface area (Å²) in [6, 6.07) is 17.6. The molecule has 0 aliphatic carbocycles. The predicted molar refractivity (Wildman–Crippen MR) is 112 cm³/mol. The minimum atomic E-state index is 0.535. The number of aryl methyl sites for hydroxylation is 1. The van der Waals surface area contributed by atoms with E-state index < -0.39 is 0 Å². The summed E-state index contributed by atoms with van der Waals surface area (Å²) in [4.78, 5) is 0. The van der Waals surface area contributed by atoms with Gasteiger partial charge in [0, 0.05) is 18.3 Å². The van der Waals surface area contributed by atoms with Crippen LogP contribution in [0.2, 0.25) is 10.0 Å². The molecule has 2 aromatic carbocycles. The first-order valence-electron chi connectivity index (χ1n) is 8.08. The Morgan fingerprint density at radius 3 is 2.54 bits per heavy atom. The third-order valence-electron chi connectivity index (χ3n) is 3.84. The Kier molecular flexibility index (Phi) is 6.14. The molecule has 0 aliphatic heterocycles. The fourth-order valence-electron chi connectivity index (χ4n) is 2.48. The Balaban J connectivity index is 1.60. The van der Waals surface area contributed by atoms with Gasteiger partial charge in [0.2, 0.25) is 0 Å². The lowest BCUT2D eigenvalue weighted by molar-refractivity contribution is 0.668. The molecule has 3 aromatic rings. The molecule has 0 saturated carbocycles. The van der Waals surface area contributed by atoms with E-state index in [1.54, 1.807) is 6.07 Å². The van der Waals surface area contributed by atoms with E-state index in [0.717, 1.165) is 16.8 Å². The third-order valence-corrected chi connectivity index (χ3v) is 4.82. The van der Waals surface area contributed by atoms with E-state index in [4.69, 9.17) is 35.4 Å². The number of hydrogen-bond acceptors (Lipinski definition) is 2. The van der Waals surface area contributed by atoms with Crippen LogP contribution in [0.4, 0.5) is 5.82 Å². The molecule has 1 heterocycles. The molecule has 0 unspecified atom stereocenters. The highest BCUT2D eigenvalue weighted by Crippen LogP contribution is 2.23. The van der Waals surface area contributed by atoms with Gasteiger partial charge in [-0.3, -0.25) is 4.68 Å². The van der Waals surface area contributed by atoms with Crippen molar-refractivity contribution in [3.8, 4) is 0 Å². The van der Waals surface area contributed by atoms with E-state index in [0.29, 0.717) is 34.1 Å². The minimum Gasteiger partial charge on any atom is -0.358 e. The summed E-state index contributed by atoms with van der Waals surface area (Å²) < 4.78 is 1.89. The average molecular weight is 405 g/mol. The number of nitrogens with zero attached hydrogens (tertiary/aromatic N) is 2. The standard InChI is InChI=1S/C19H18Cl2N4S/c1-13-9-18(23-19(26)22-11-14-5-3-2-4-6-14)24-25(13)12-15-7-8-16(20)17(21)10-15/h2-10H,11-12H2,1H3,(H2,22,23,24,26). The van der Waals surface area contributed by atoms with E-state index in [1.807, 2.05) is 60.1 Å². The zero-order chi connectivity index (χ0) is 18.5. The number of hydrogen-bond donors (Lipinski definition) is 2. The summed E-state index contributed by atoms with van der Waals surface area (Å²) in [5.41, 5.74) is 3.21. The molecule has 1 aromatic heterocycles. The van der Waals surface area contributed by atoms with Crippen molar-refractivity contribution in [2.24, 2.45) is 0 Å². The van der Waals surface area contributed by atoms with Gasteiger partial charge in [0.25, 0.3) is 0 Å². The Hall–Kier alpha value is -2.08. The molecule has 2 N–H and O–H groups in total. The van der Waals surface area contributed by atoms with Crippen LogP contribution in [0.1, 0.15) is 16.8 Å². The molecule has 4 nitrogen and oxygen atoms in total. The second-order valence-corrected chi connectivity index (χ2v) is 7.09. The van der Waals surface area contributed by atoms with Crippen LogP contribution < -0.4 is 10.6 Å². The molecule has 0 amide bonds. The lowest BCUT2D eigenvalue weighted by atomic mass is 10.2. The van der Waals surface area contributed by atoms with E-state index in [-0.39, 0.29) is 0 Å². The second kappa shape index (κ2) is 8.54. The van der Waals surface area contributed by atoms with Crippen LogP contribution in [0.25, 0.3) is 0 Å². The van der Waals surface area contributed by atoms with Crippen LogP contribution in [0, 0.1) is 6.92 Å². The molecule has 7 heteroatoms. The highest BCUT2D eigenvalue weighted by molar-refractivity contribution is 7.80. The Labute approximate surface area is 168 Å². The zero-order valence-corrected chi connectivity index (χ0v) is 16.5. The Morgan fingerprint density at radius 1 is 1.04 bits per heavy atom. The van der Waals surface area contributed by atoms with Gasteiger partial charge < -0.3 is 10.6 Å². The summed E-state index contributed by atoms with van der Waals surface area (Å²) in [5, 5.41) is 12.5. The first-order valence-corrected chi connectivity index (χ1v) is 9.25. The topological polar surface area (TPSA) is 41.9 Å². The predicted octanol–water partition coefficient (Wildman–Crippen LogP) is 5.03. The molecule has 134 valence electrons. The number of thiocarbonyl (C=S) groups is 1. The molecular weight excluding hydrogens is 387 g/mol. The average Bonchev–Trinajstić information content (AvgIpc) is 2.96. The fraction of sp³-hybridized carbons (Fsp3) is 0.158. The van der Waals surface area contributed by atoms with Gasteiger partial charge in [-0.25, -0.2) is 0 Å². The van der Waals surface area contributed by atoms with Crippen molar-refractivity contribution in [2.75, 3.05) is 5.32 Å². The van der Waals surface area contributed by atoms with Crippen LogP contribution >= 0.6 is 35.4 Å². The van der Waals surface area contributed by atoms with Gasteiger partial charge in [0.05, 0.1) is 16.6 Å². The smallest absolute Gasteiger partial charge is 0.172 e. The van der Waals surface area contributed by atoms with Crippen LogP contribution in [-0.2, 0) is 13.1 Å². The number of anilines is 1. The van der Waals surface area contributed by atoms with Crippen molar-refractivity contribution in [1.82, 2.24) is 15.1 Å². The lowest BCUT2D eigenvalue weighted by Gasteiger charge is -2.08. The largest absolute Gasteiger partial charge is 0.358 e. The van der Waals surface area contributed by atoms with Gasteiger partial charge in [-0.15, -0.1) is 0 Å². The maximum absolute atomic E-state index is 6.08. The highest BCUT2D eigenvalue weighted by atomic mass is 35.5. The lowest BCUT2D eigenvalue weighted by Crippen LogP contribution is -2.28. The molecule has 0 radical (unpaired) electrons. The highest BCUT2D eigenvalue weighted by Gasteiger charge is 2.08. The minimum absolute atomic E-state index is 0.535. The molecule has 26 heavy (non-hydrogen) atoms. The molecule has 0 aliphatic rings. The molecule has 3 rings (SSSR count). The molecule has 0 spiro atoms. The SMILES string of the molecule is Cc1cc(NC(=S)NCc2ccccc2)nn1Cc1ccc(Cl)c(Cl)c1. The van der Waals surface area contributed by atoms with Crippen LogP contribution in [0.5, 0.6) is 0 Å². The number of rotatable bonds is 5. The van der Waals surface area contributed by atoms with E-state index in [2.05, 4.69) is 15.7 Å². The van der Waals surface area contributed by atoms with E-state index >= 15 is 0 Å². The Bertz CT molecular complexity index is 909. The molecule has 0 atom stereocenters. The quantitative estimate of drug-likeness (QED) is 0.584. The first kappa shape index (κ1) is 18.7.